The van der Waals surface area contributed by atoms with E-state index in [0.29, 0.717) is 0 Å². The molecular weight excluding hydrogens is 307 g/mol. The maximum atomic E-state index is 12.2. The lowest BCUT2D eigenvalue weighted by molar-refractivity contribution is 0.627. The lowest BCUT2D eigenvalue weighted by Gasteiger charge is -2.02. The van der Waals surface area contributed by atoms with E-state index in [1.807, 2.05) is 26.0 Å². The van der Waals surface area contributed by atoms with Crippen LogP contribution in [0.4, 0.5) is 4.39 Å². The van der Waals surface area contributed by atoms with Crippen LogP contribution in [0.2, 0.25) is 0 Å². The summed E-state index contributed by atoms with van der Waals surface area (Å²) in [6.07, 6.45) is 6.51. The van der Waals surface area contributed by atoms with E-state index < -0.39 is 0 Å². The van der Waals surface area contributed by atoms with E-state index in [-0.39, 0.29) is 5.82 Å². The first kappa shape index (κ1) is 23.1. The maximum Gasteiger partial charge on any atom is 0.123 e. The molecule has 0 fully saturated rings. The van der Waals surface area contributed by atoms with Crippen LogP contribution in [-0.2, 0) is 6.42 Å². The molecule has 0 N–H and O–H groups in total. The highest BCUT2D eigenvalue weighted by atomic mass is 19.1. The number of rotatable bonds is 5. The van der Waals surface area contributed by atoms with Gasteiger partial charge in [0.15, 0.2) is 0 Å². The fourth-order valence-electron chi connectivity index (χ4n) is 2.27. The highest BCUT2D eigenvalue weighted by molar-refractivity contribution is 5.63. The first-order valence-electron chi connectivity index (χ1n) is 9.42. The van der Waals surface area contributed by atoms with Crippen molar-refractivity contribution < 1.29 is 4.39 Å². The molecular formula is C24H35F. The molecule has 138 valence electrons. The molecule has 0 aliphatic heterocycles. The van der Waals surface area contributed by atoms with Crippen LogP contribution in [0.3, 0.4) is 0 Å². The number of aryl methyl sites for hydroxylation is 2. The second-order valence-corrected chi connectivity index (χ2v) is 6.28. The molecule has 1 heteroatoms. The molecule has 2 rings (SSSR count). The third-order valence-electron chi connectivity index (χ3n) is 3.88. The molecule has 0 aromatic heterocycles. The Morgan fingerprint density at radius 2 is 1.40 bits per heavy atom. The lowest BCUT2D eigenvalue weighted by Crippen LogP contribution is -1.81. The standard InChI is InChI=1S/C10H12.C8H9F.C6H14/c1-8(2)10-7-5-4-6-9(10)3;1-2-7-3-5-8(9)6-4-7;1-3-5-6-4-2/h4-7H,1H2,2-3H3;3-6H,2H2,1H3;3-6H2,1-2H3. The molecule has 0 aliphatic carbocycles. The van der Waals surface area contributed by atoms with E-state index in [4.69, 9.17) is 0 Å². The highest BCUT2D eigenvalue weighted by Crippen LogP contribution is 2.14. The Bertz CT molecular complexity index is 577. The summed E-state index contributed by atoms with van der Waals surface area (Å²) in [7, 11) is 0. The number of halogens is 1. The van der Waals surface area contributed by atoms with Crippen molar-refractivity contribution in [3.8, 4) is 0 Å². The molecule has 0 spiro atoms. The fraction of sp³-hybridized carbons (Fsp3) is 0.417. The molecule has 25 heavy (non-hydrogen) atoms. The minimum absolute atomic E-state index is 0.160. The van der Waals surface area contributed by atoms with Crippen molar-refractivity contribution in [3.05, 3.63) is 77.6 Å². The number of allylic oxidation sites excluding steroid dienone is 1. The van der Waals surface area contributed by atoms with Crippen LogP contribution < -0.4 is 0 Å². The molecule has 0 radical (unpaired) electrons. The van der Waals surface area contributed by atoms with Crippen molar-refractivity contribution >= 4 is 5.57 Å². The van der Waals surface area contributed by atoms with E-state index in [0.717, 1.165) is 12.0 Å². The average Bonchev–Trinajstić information content (AvgIpc) is 2.62. The number of hydrogen-bond donors (Lipinski definition) is 0. The Kier molecular flexibility index (Phi) is 13.4. The van der Waals surface area contributed by atoms with Crippen molar-refractivity contribution in [2.24, 2.45) is 0 Å². The van der Waals surface area contributed by atoms with Gasteiger partial charge >= 0.3 is 0 Å². The Morgan fingerprint density at radius 1 is 0.880 bits per heavy atom. The smallest absolute Gasteiger partial charge is 0.123 e. The summed E-state index contributed by atoms with van der Waals surface area (Å²) < 4.78 is 12.2. The molecule has 0 atom stereocenters. The summed E-state index contributed by atoms with van der Waals surface area (Å²) >= 11 is 0. The van der Waals surface area contributed by atoms with Crippen LogP contribution in [0, 0.1) is 12.7 Å². The maximum absolute atomic E-state index is 12.2. The normalized spacial score (nSPS) is 9.36. The Morgan fingerprint density at radius 3 is 1.76 bits per heavy atom. The molecule has 0 aliphatic rings. The summed E-state index contributed by atoms with van der Waals surface area (Å²) in [5.41, 5.74) is 4.88. The first-order chi connectivity index (χ1) is 12.0. The quantitative estimate of drug-likeness (QED) is 0.483. The summed E-state index contributed by atoms with van der Waals surface area (Å²) in [5, 5.41) is 0. The fourth-order valence-corrected chi connectivity index (χ4v) is 2.27. The summed E-state index contributed by atoms with van der Waals surface area (Å²) in [5.74, 6) is -0.160. The lowest BCUT2D eigenvalue weighted by atomic mass is 10.0. The Balaban J connectivity index is 0.000000358. The molecule has 2 aromatic rings. The summed E-state index contributed by atoms with van der Waals surface area (Å²) in [4.78, 5) is 0. The van der Waals surface area contributed by atoms with Crippen LogP contribution in [0.15, 0.2) is 55.1 Å². The van der Waals surface area contributed by atoms with E-state index in [9.17, 15) is 4.39 Å². The summed E-state index contributed by atoms with van der Waals surface area (Å²) in [6, 6.07) is 14.8. The first-order valence-corrected chi connectivity index (χ1v) is 9.42. The van der Waals surface area contributed by atoms with Gasteiger partial charge in [-0.15, -0.1) is 0 Å². The summed E-state index contributed by atoms with van der Waals surface area (Å²) in [6.45, 7) is 14.5. The van der Waals surface area contributed by atoms with Gasteiger partial charge in [0.1, 0.15) is 5.82 Å². The van der Waals surface area contributed by atoms with E-state index in [1.165, 1.54) is 54.5 Å². The molecule has 0 amide bonds. The van der Waals surface area contributed by atoms with Gasteiger partial charge in [-0.3, -0.25) is 0 Å². The molecule has 2 aromatic carbocycles. The van der Waals surface area contributed by atoms with Gasteiger partial charge in [-0.2, -0.15) is 0 Å². The van der Waals surface area contributed by atoms with Crippen LogP contribution >= 0.6 is 0 Å². The highest BCUT2D eigenvalue weighted by Gasteiger charge is 1.94. The molecule has 0 saturated carbocycles. The molecule has 0 bridgehead atoms. The average molecular weight is 343 g/mol. The molecule has 0 unspecified atom stereocenters. The van der Waals surface area contributed by atoms with Gasteiger partial charge in [0.25, 0.3) is 0 Å². The van der Waals surface area contributed by atoms with Crippen molar-refractivity contribution in [1.82, 2.24) is 0 Å². The van der Waals surface area contributed by atoms with Gasteiger partial charge in [0.05, 0.1) is 0 Å². The van der Waals surface area contributed by atoms with E-state index >= 15 is 0 Å². The van der Waals surface area contributed by atoms with Gasteiger partial charge in [-0.1, -0.05) is 95.0 Å². The second kappa shape index (κ2) is 14.5. The van der Waals surface area contributed by atoms with Crippen molar-refractivity contribution in [2.45, 2.75) is 66.7 Å². The monoisotopic (exact) mass is 342 g/mol. The predicted molar refractivity (Wildman–Crippen MR) is 111 cm³/mol. The number of benzene rings is 2. The topological polar surface area (TPSA) is 0 Å². The third kappa shape index (κ3) is 11.3. The zero-order chi connectivity index (χ0) is 19.1. The Hall–Kier alpha value is -1.89. The van der Waals surface area contributed by atoms with E-state index in [1.54, 1.807) is 12.1 Å². The van der Waals surface area contributed by atoms with Gasteiger partial charge in [0, 0.05) is 0 Å². The van der Waals surface area contributed by atoms with Gasteiger partial charge in [-0.25, -0.2) is 4.39 Å². The second-order valence-electron chi connectivity index (χ2n) is 6.28. The zero-order valence-corrected chi connectivity index (χ0v) is 16.7. The third-order valence-corrected chi connectivity index (χ3v) is 3.88. The van der Waals surface area contributed by atoms with E-state index in [2.05, 4.69) is 39.5 Å². The van der Waals surface area contributed by atoms with Crippen LogP contribution in [-0.4, -0.2) is 0 Å². The van der Waals surface area contributed by atoms with Gasteiger partial charge in [0.2, 0.25) is 0 Å². The minimum Gasteiger partial charge on any atom is -0.207 e. The molecule has 0 saturated heterocycles. The van der Waals surface area contributed by atoms with Crippen molar-refractivity contribution in [2.75, 3.05) is 0 Å². The van der Waals surface area contributed by atoms with Gasteiger partial charge < -0.3 is 0 Å². The SMILES string of the molecule is C=C(C)c1ccccc1C.CCCCCC.CCc1ccc(F)cc1. The van der Waals surface area contributed by atoms with Gasteiger partial charge in [-0.05, 0) is 49.1 Å². The van der Waals surface area contributed by atoms with Crippen LogP contribution in [0.5, 0.6) is 0 Å². The predicted octanol–water partition coefficient (Wildman–Crippen LogP) is 8.00. The van der Waals surface area contributed by atoms with Crippen molar-refractivity contribution in [1.29, 1.82) is 0 Å². The minimum atomic E-state index is -0.160. The number of unbranched alkanes of at least 4 members (excludes halogenated alkanes) is 3. The van der Waals surface area contributed by atoms with Crippen molar-refractivity contribution in [3.63, 3.8) is 0 Å². The Labute approximate surface area is 154 Å². The zero-order valence-electron chi connectivity index (χ0n) is 16.7. The molecule has 0 nitrogen and oxygen atoms in total. The molecule has 0 heterocycles. The number of hydrogen-bond acceptors (Lipinski definition) is 0. The van der Waals surface area contributed by atoms with Crippen LogP contribution in [0.25, 0.3) is 5.57 Å². The largest absolute Gasteiger partial charge is 0.207 e. The van der Waals surface area contributed by atoms with Crippen LogP contribution in [0.1, 0.15) is 70.1 Å².